The van der Waals surface area contributed by atoms with Gasteiger partial charge in [-0.2, -0.15) is 0 Å². The van der Waals surface area contributed by atoms with Crippen molar-refractivity contribution in [2.45, 2.75) is 43.4 Å². The van der Waals surface area contributed by atoms with Crippen LogP contribution in [0, 0.1) is 0 Å². The molecule has 0 bridgehead atoms. The molecule has 3 atom stereocenters. The second-order valence-corrected chi connectivity index (χ2v) is 6.82. The zero-order chi connectivity index (χ0) is 20.2. The fourth-order valence-electron chi connectivity index (χ4n) is 3.81. The Morgan fingerprint density at radius 2 is 1.81 bits per heavy atom. The molecule has 2 amide bonds. The molecule has 3 saturated heterocycles. The van der Waals surface area contributed by atoms with Crippen LogP contribution in [0.4, 0.5) is 0 Å². The number of hydrogen-bond donors (Lipinski definition) is 0. The maximum atomic E-state index is 13.2. The highest BCUT2D eigenvalue weighted by Crippen LogP contribution is 2.38. The summed E-state index contributed by atoms with van der Waals surface area (Å²) in [5, 5.41) is 0. The maximum Gasteiger partial charge on any atom is 0.246 e. The Balaban J connectivity index is 1.55. The topological polar surface area (TPSA) is 68.3 Å². The van der Waals surface area contributed by atoms with E-state index >= 15 is 0 Å². The van der Waals surface area contributed by atoms with E-state index in [9.17, 15) is 9.59 Å². The van der Waals surface area contributed by atoms with Crippen molar-refractivity contribution in [2.75, 3.05) is 27.3 Å². The van der Waals surface area contributed by atoms with Crippen molar-refractivity contribution in [3.8, 4) is 0 Å². The molecule has 3 aliphatic heterocycles. The van der Waals surface area contributed by atoms with E-state index in [2.05, 4.69) is 0 Å². The third kappa shape index (κ3) is 2.80. The molecule has 140 valence electrons. The molecule has 3 fully saturated rings. The zero-order valence-corrected chi connectivity index (χ0v) is 14.9. The number of rotatable bonds is 5. The second-order valence-electron chi connectivity index (χ2n) is 6.82. The molecule has 0 unspecified atom stereocenters. The number of amides is 2. The lowest BCUT2D eigenvalue weighted by molar-refractivity contribution is -0.196. The van der Waals surface area contributed by atoms with E-state index < -0.39 is 35.7 Å². The Kier molecular flexibility index (Phi) is 3.87. The van der Waals surface area contributed by atoms with Crippen LogP contribution in [0.5, 0.6) is 0 Å². The van der Waals surface area contributed by atoms with Gasteiger partial charge in [-0.25, -0.2) is 0 Å². The normalized spacial score (nSPS) is 36.6. The average molecular weight is 362 g/mol. The van der Waals surface area contributed by atoms with Gasteiger partial charge in [0.15, 0.2) is 5.79 Å². The number of carbonyl (C=O) groups is 2. The van der Waals surface area contributed by atoms with Crippen molar-refractivity contribution in [3.63, 3.8) is 0 Å². The lowest BCUT2D eigenvalue weighted by Crippen LogP contribution is -2.60. The van der Waals surface area contributed by atoms with Gasteiger partial charge in [0.25, 0.3) is 0 Å². The number of fused-ring (bicyclic) bond motifs is 2. The van der Waals surface area contributed by atoms with Crippen LogP contribution in [0.2, 0.25) is 0 Å². The summed E-state index contributed by atoms with van der Waals surface area (Å²) in [4.78, 5) is 28.6. The fourth-order valence-corrected chi connectivity index (χ4v) is 3.81. The Bertz CT molecular complexity index is 788. The Morgan fingerprint density at radius 3 is 2.50 bits per heavy atom. The van der Waals surface area contributed by atoms with Crippen molar-refractivity contribution >= 4 is 11.8 Å². The summed E-state index contributed by atoms with van der Waals surface area (Å²) in [6, 6.07) is 5.99. The van der Waals surface area contributed by atoms with Gasteiger partial charge in [-0.05, 0) is 5.56 Å². The first-order valence-corrected chi connectivity index (χ1v) is 8.68. The van der Waals surface area contributed by atoms with Crippen LogP contribution in [-0.4, -0.2) is 72.9 Å². The molecular formula is C19H24N2O5. The summed E-state index contributed by atoms with van der Waals surface area (Å²) in [6.45, 7) is 0.393. The van der Waals surface area contributed by atoms with Crippen LogP contribution in [0.15, 0.2) is 30.3 Å². The van der Waals surface area contributed by atoms with Crippen molar-refractivity contribution in [1.82, 2.24) is 9.80 Å². The number of methoxy groups -OCH3 is 2. The monoisotopic (exact) mass is 362 g/mol. The summed E-state index contributed by atoms with van der Waals surface area (Å²) in [5.41, 5.74) is 0.978. The first kappa shape index (κ1) is 15.1. The lowest BCUT2D eigenvalue weighted by atomic mass is 10.1. The summed E-state index contributed by atoms with van der Waals surface area (Å²) in [5.74, 6) is -2.38. The zero-order valence-electron chi connectivity index (χ0n) is 16.9. The van der Waals surface area contributed by atoms with Crippen molar-refractivity contribution in [1.29, 1.82) is 0 Å². The van der Waals surface area contributed by atoms with E-state index in [4.69, 9.17) is 17.0 Å². The second kappa shape index (κ2) is 6.64. The number of ether oxygens (including phenoxy) is 3. The van der Waals surface area contributed by atoms with Gasteiger partial charge in [0.05, 0.1) is 22.0 Å². The Hall–Kier alpha value is -1.96. The SMILES string of the molecule is [2H][C@@]12C[C@H](OCc3ccccc3)CN1C(=O)[C@@]1([2H])CC(OC)(OC)CN1C2=O. The lowest BCUT2D eigenvalue weighted by Gasteiger charge is -2.38. The van der Waals surface area contributed by atoms with Gasteiger partial charge in [-0.1, -0.05) is 30.3 Å². The first-order chi connectivity index (χ1) is 13.3. The van der Waals surface area contributed by atoms with Gasteiger partial charge in [-0.15, -0.1) is 0 Å². The van der Waals surface area contributed by atoms with E-state index in [0.29, 0.717) is 6.61 Å². The Labute approximate surface area is 155 Å². The highest BCUT2D eigenvalue weighted by Gasteiger charge is 2.58. The number of nitrogens with zero attached hydrogens (tertiary/aromatic N) is 2. The third-order valence-electron chi connectivity index (χ3n) is 5.35. The molecule has 7 nitrogen and oxygen atoms in total. The number of hydrogen-bond acceptors (Lipinski definition) is 5. The fraction of sp³-hybridized carbons (Fsp3) is 0.579. The summed E-state index contributed by atoms with van der Waals surface area (Å²) >= 11 is 0. The van der Waals surface area contributed by atoms with Crippen LogP contribution in [0.3, 0.4) is 0 Å². The number of piperazine rings is 1. The minimum Gasteiger partial charge on any atom is -0.372 e. The summed E-state index contributed by atoms with van der Waals surface area (Å²) < 4.78 is 34.1. The quantitative estimate of drug-likeness (QED) is 0.724. The molecule has 4 rings (SSSR count). The maximum absolute atomic E-state index is 13.2. The van der Waals surface area contributed by atoms with Crippen LogP contribution in [-0.2, 0) is 30.4 Å². The largest absolute Gasteiger partial charge is 0.372 e. The number of carbonyl (C=O) groups excluding carboxylic acids is 2. The van der Waals surface area contributed by atoms with E-state index in [-0.39, 0.29) is 25.9 Å². The highest BCUT2D eigenvalue weighted by molar-refractivity contribution is 5.98. The van der Waals surface area contributed by atoms with Gasteiger partial charge in [0.1, 0.15) is 12.0 Å². The number of benzene rings is 1. The first-order valence-electron chi connectivity index (χ1n) is 9.68. The molecule has 1 aromatic carbocycles. The molecule has 7 heteroatoms. The standard InChI is InChI=1S/C19H24N2O5/c1-24-19(25-2)9-16-18(23)20-10-14(8-15(20)17(22)21(16)12-19)26-11-13-6-4-3-5-7-13/h3-7,14-16H,8-12H2,1-2H3/t14-,15-,16+/m0/s1/i15D,16D. The van der Waals surface area contributed by atoms with Crippen LogP contribution in [0.1, 0.15) is 21.1 Å². The van der Waals surface area contributed by atoms with Crippen LogP contribution >= 0.6 is 0 Å². The summed E-state index contributed by atoms with van der Waals surface area (Å²) in [6.07, 6.45) is -0.465. The van der Waals surface area contributed by atoms with E-state index in [0.717, 1.165) is 10.5 Å². The minimum atomic E-state index is -1.83. The predicted octanol–water partition coefficient (Wildman–Crippen LogP) is 0.776. The molecule has 0 aliphatic carbocycles. The minimum absolute atomic E-state index is 0.0575. The van der Waals surface area contributed by atoms with Gasteiger partial charge in [-0.3, -0.25) is 9.59 Å². The molecule has 0 aromatic heterocycles. The van der Waals surface area contributed by atoms with E-state index in [1.54, 1.807) is 0 Å². The van der Waals surface area contributed by atoms with Gasteiger partial charge >= 0.3 is 0 Å². The smallest absolute Gasteiger partial charge is 0.246 e. The highest BCUT2D eigenvalue weighted by atomic mass is 16.7. The average Bonchev–Trinajstić information content (AvgIpc) is 3.22. The molecule has 0 N–H and O–H groups in total. The van der Waals surface area contributed by atoms with E-state index in [1.165, 1.54) is 19.1 Å². The molecule has 1 aromatic rings. The van der Waals surface area contributed by atoms with Crippen LogP contribution in [0.25, 0.3) is 0 Å². The van der Waals surface area contributed by atoms with Gasteiger partial charge in [0, 0.05) is 33.6 Å². The molecular weight excluding hydrogens is 336 g/mol. The van der Waals surface area contributed by atoms with Crippen molar-refractivity contribution in [3.05, 3.63) is 35.9 Å². The van der Waals surface area contributed by atoms with Crippen molar-refractivity contribution in [2.24, 2.45) is 0 Å². The van der Waals surface area contributed by atoms with E-state index in [1.807, 2.05) is 30.3 Å². The van der Waals surface area contributed by atoms with Gasteiger partial charge in [0.2, 0.25) is 11.8 Å². The predicted molar refractivity (Wildman–Crippen MR) is 92.0 cm³/mol. The molecule has 3 aliphatic rings. The molecule has 0 saturated carbocycles. The molecule has 26 heavy (non-hydrogen) atoms. The summed E-state index contributed by atoms with van der Waals surface area (Å²) in [7, 11) is 2.84. The van der Waals surface area contributed by atoms with Gasteiger partial charge < -0.3 is 24.0 Å². The van der Waals surface area contributed by atoms with Crippen LogP contribution < -0.4 is 0 Å². The molecule has 0 radical (unpaired) electrons. The third-order valence-corrected chi connectivity index (χ3v) is 5.35. The van der Waals surface area contributed by atoms with Crippen molar-refractivity contribution < 1.29 is 26.5 Å². The molecule has 0 spiro atoms. The Morgan fingerprint density at radius 1 is 1.12 bits per heavy atom. The molecule has 3 heterocycles.